The third kappa shape index (κ3) is 2.42. The maximum atomic E-state index is 11.8. The number of nitrogens with one attached hydrogen (secondary N) is 1. The Bertz CT molecular complexity index is 791. The number of hydrogen-bond donors (Lipinski definition) is 1. The molecule has 0 atom stereocenters. The summed E-state index contributed by atoms with van der Waals surface area (Å²) < 4.78 is 0. The van der Waals surface area contributed by atoms with Gasteiger partial charge in [-0.3, -0.25) is 9.78 Å². The molecule has 4 nitrogen and oxygen atoms in total. The van der Waals surface area contributed by atoms with E-state index in [-0.39, 0.29) is 5.56 Å². The Morgan fingerprint density at radius 1 is 1.05 bits per heavy atom. The first-order valence-corrected chi connectivity index (χ1v) is 5.90. The van der Waals surface area contributed by atoms with Gasteiger partial charge in [-0.1, -0.05) is 18.2 Å². The second-order valence-electron chi connectivity index (χ2n) is 4.09. The number of nitrogens with zero attached hydrogens (tertiary/aromatic N) is 2. The summed E-state index contributed by atoms with van der Waals surface area (Å²) >= 11 is 0. The summed E-state index contributed by atoms with van der Waals surface area (Å²) in [5, 5.41) is 0.598. The molecule has 1 aromatic carbocycles. The van der Waals surface area contributed by atoms with Crippen molar-refractivity contribution in [3.8, 4) is 0 Å². The molecule has 0 bridgehead atoms. The third-order valence-electron chi connectivity index (χ3n) is 2.76. The summed E-state index contributed by atoms with van der Waals surface area (Å²) in [5.41, 5.74) is 1.52. The number of rotatable bonds is 2. The van der Waals surface area contributed by atoms with Gasteiger partial charge in [0.15, 0.2) is 0 Å². The van der Waals surface area contributed by atoms with Crippen molar-refractivity contribution in [2.75, 3.05) is 0 Å². The van der Waals surface area contributed by atoms with E-state index in [1.54, 1.807) is 24.5 Å². The average Bonchev–Trinajstić information content (AvgIpc) is 2.46. The van der Waals surface area contributed by atoms with Gasteiger partial charge in [0, 0.05) is 12.4 Å². The molecule has 3 aromatic rings. The van der Waals surface area contributed by atoms with E-state index >= 15 is 0 Å². The van der Waals surface area contributed by atoms with Crippen LogP contribution < -0.4 is 5.56 Å². The van der Waals surface area contributed by atoms with Gasteiger partial charge in [0.1, 0.15) is 5.82 Å². The Hall–Kier alpha value is -2.75. The fraction of sp³-hybridized carbons (Fsp3) is 0. The first-order chi connectivity index (χ1) is 9.33. The molecule has 0 radical (unpaired) electrons. The van der Waals surface area contributed by atoms with E-state index in [4.69, 9.17) is 0 Å². The number of fused-ring (bicyclic) bond motifs is 1. The molecule has 19 heavy (non-hydrogen) atoms. The van der Waals surface area contributed by atoms with E-state index < -0.39 is 0 Å². The molecule has 3 rings (SSSR count). The van der Waals surface area contributed by atoms with Crippen LogP contribution in [0, 0.1) is 0 Å². The van der Waals surface area contributed by atoms with Gasteiger partial charge in [-0.05, 0) is 35.9 Å². The fourth-order valence-electron chi connectivity index (χ4n) is 1.84. The van der Waals surface area contributed by atoms with Gasteiger partial charge in [-0.2, -0.15) is 4.98 Å². The lowest BCUT2D eigenvalue weighted by Gasteiger charge is -1.98. The van der Waals surface area contributed by atoms with Gasteiger partial charge in [0.2, 0.25) is 0 Å². The van der Waals surface area contributed by atoms with E-state index in [1.807, 2.05) is 36.4 Å². The highest BCUT2D eigenvalue weighted by Crippen LogP contribution is 2.07. The smallest absolute Gasteiger partial charge is 0.281 e. The van der Waals surface area contributed by atoms with E-state index in [2.05, 4.69) is 15.0 Å². The zero-order valence-electron chi connectivity index (χ0n) is 10.1. The maximum absolute atomic E-state index is 11.8. The molecule has 92 valence electrons. The van der Waals surface area contributed by atoms with E-state index in [0.29, 0.717) is 11.2 Å². The molecule has 0 spiro atoms. The summed E-state index contributed by atoms with van der Waals surface area (Å²) in [4.78, 5) is 23.0. The summed E-state index contributed by atoms with van der Waals surface area (Å²) in [7, 11) is 0. The minimum atomic E-state index is -0.222. The van der Waals surface area contributed by atoms with Crippen LogP contribution in [-0.2, 0) is 0 Å². The number of hydrogen-bond acceptors (Lipinski definition) is 3. The molecule has 4 heteroatoms. The lowest BCUT2D eigenvalue weighted by molar-refractivity contribution is 1.14. The first kappa shape index (κ1) is 11.3. The third-order valence-corrected chi connectivity index (χ3v) is 2.76. The Morgan fingerprint density at radius 3 is 2.79 bits per heavy atom. The van der Waals surface area contributed by atoms with Crippen LogP contribution in [-0.4, -0.2) is 15.0 Å². The molecule has 2 heterocycles. The van der Waals surface area contributed by atoms with Crippen molar-refractivity contribution in [1.29, 1.82) is 0 Å². The molecule has 2 aromatic heterocycles. The minimum Gasteiger partial charge on any atom is -0.339 e. The Morgan fingerprint density at radius 2 is 1.95 bits per heavy atom. The minimum absolute atomic E-state index is 0.222. The normalized spacial score (nSPS) is 11.2. The SMILES string of the molecule is O=c1nc(C=Cc2cccnc2)[nH]c2ccccc12. The zero-order valence-corrected chi connectivity index (χ0v) is 10.1. The molecular weight excluding hydrogens is 238 g/mol. The highest BCUT2D eigenvalue weighted by atomic mass is 16.1. The van der Waals surface area contributed by atoms with E-state index in [9.17, 15) is 4.79 Å². The quantitative estimate of drug-likeness (QED) is 0.759. The Balaban J connectivity index is 2.02. The lowest BCUT2D eigenvalue weighted by Crippen LogP contribution is -2.09. The van der Waals surface area contributed by atoms with Crippen molar-refractivity contribution >= 4 is 23.1 Å². The Labute approximate surface area is 109 Å². The highest BCUT2D eigenvalue weighted by Gasteiger charge is 2.00. The molecule has 0 saturated heterocycles. The number of pyridine rings is 1. The topological polar surface area (TPSA) is 58.6 Å². The van der Waals surface area contributed by atoms with Crippen LogP contribution in [0.4, 0.5) is 0 Å². The molecule has 0 aliphatic heterocycles. The van der Waals surface area contributed by atoms with E-state index in [0.717, 1.165) is 11.1 Å². The van der Waals surface area contributed by atoms with Crippen molar-refractivity contribution in [1.82, 2.24) is 15.0 Å². The molecule has 0 unspecified atom stereocenters. The van der Waals surface area contributed by atoms with Crippen molar-refractivity contribution in [3.05, 3.63) is 70.5 Å². The molecule has 0 aliphatic rings. The molecule has 1 N–H and O–H groups in total. The largest absolute Gasteiger partial charge is 0.339 e. The average molecular weight is 249 g/mol. The second-order valence-corrected chi connectivity index (χ2v) is 4.09. The van der Waals surface area contributed by atoms with E-state index in [1.165, 1.54) is 0 Å². The van der Waals surface area contributed by atoms with Crippen molar-refractivity contribution in [2.24, 2.45) is 0 Å². The predicted molar refractivity (Wildman–Crippen MR) is 75.5 cm³/mol. The molecule has 0 saturated carbocycles. The molecular formula is C15H11N3O. The summed E-state index contributed by atoms with van der Waals surface area (Å²) in [6.45, 7) is 0. The fourth-order valence-corrected chi connectivity index (χ4v) is 1.84. The van der Waals surface area contributed by atoms with Gasteiger partial charge < -0.3 is 4.98 Å². The zero-order chi connectivity index (χ0) is 13.1. The molecule has 0 fully saturated rings. The number of aromatic nitrogens is 3. The highest BCUT2D eigenvalue weighted by molar-refractivity contribution is 5.78. The number of benzene rings is 1. The van der Waals surface area contributed by atoms with Crippen LogP contribution in [0.1, 0.15) is 11.4 Å². The van der Waals surface area contributed by atoms with Crippen LogP contribution in [0.5, 0.6) is 0 Å². The lowest BCUT2D eigenvalue weighted by atomic mass is 10.2. The number of aromatic amines is 1. The standard InChI is InChI=1S/C15H11N3O/c19-15-12-5-1-2-6-13(12)17-14(18-15)8-7-11-4-3-9-16-10-11/h1-10H,(H,17,18,19). The van der Waals surface area contributed by atoms with Crippen LogP contribution >= 0.6 is 0 Å². The van der Waals surface area contributed by atoms with Crippen molar-refractivity contribution in [2.45, 2.75) is 0 Å². The number of H-pyrrole nitrogens is 1. The summed E-state index contributed by atoms with van der Waals surface area (Å²) in [6.07, 6.45) is 7.09. The van der Waals surface area contributed by atoms with Gasteiger partial charge in [0.05, 0.1) is 10.9 Å². The van der Waals surface area contributed by atoms with Gasteiger partial charge in [-0.25, -0.2) is 0 Å². The van der Waals surface area contributed by atoms with Crippen molar-refractivity contribution < 1.29 is 0 Å². The Kier molecular flexibility index (Phi) is 2.90. The summed E-state index contributed by atoms with van der Waals surface area (Å²) in [5.74, 6) is 0.535. The second kappa shape index (κ2) is 4.86. The van der Waals surface area contributed by atoms with Crippen LogP contribution in [0.15, 0.2) is 53.6 Å². The van der Waals surface area contributed by atoms with Gasteiger partial charge >= 0.3 is 0 Å². The number of para-hydroxylation sites is 1. The molecule has 0 amide bonds. The first-order valence-electron chi connectivity index (χ1n) is 5.90. The predicted octanol–water partition coefficient (Wildman–Crippen LogP) is 2.49. The summed E-state index contributed by atoms with van der Waals surface area (Å²) in [6, 6.07) is 11.1. The van der Waals surface area contributed by atoms with Crippen LogP contribution in [0.2, 0.25) is 0 Å². The molecule has 0 aliphatic carbocycles. The van der Waals surface area contributed by atoms with Crippen LogP contribution in [0.3, 0.4) is 0 Å². The van der Waals surface area contributed by atoms with Gasteiger partial charge in [0.25, 0.3) is 5.56 Å². The van der Waals surface area contributed by atoms with Crippen LogP contribution in [0.25, 0.3) is 23.1 Å². The van der Waals surface area contributed by atoms with Crippen molar-refractivity contribution in [3.63, 3.8) is 0 Å². The maximum Gasteiger partial charge on any atom is 0.281 e. The van der Waals surface area contributed by atoms with Gasteiger partial charge in [-0.15, -0.1) is 0 Å². The monoisotopic (exact) mass is 249 g/mol.